The lowest BCUT2D eigenvalue weighted by Gasteiger charge is -2.24. The third kappa shape index (κ3) is 2.90. The van der Waals surface area contributed by atoms with Gasteiger partial charge in [0.05, 0.1) is 17.5 Å². The number of rotatable bonds is 4. The van der Waals surface area contributed by atoms with E-state index in [2.05, 4.69) is 0 Å². The molecule has 2 N–H and O–H groups in total. The van der Waals surface area contributed by atoms with Crippen molar-refractivity contribution in [1.29, 1.82) is 0 Å². The van der Waals surface area contributed by atoms with E-state index in [9.17, 15) is 29.4 Å². The van der Waals surface area contributed by atoms with Crippen LogP contribution in [-0.4, -0.2) is 32.5 Å². The average molecular weight is 427 g/mol. The lowest BCUT2D eigenvalue weighted by atomic mass is 9.84. The zero-order valence-corrected chi connectivity index (χ0v) is 16.7. The number of carboxylic acid groups (broad SMARTS) is 2. The number of carbonyl (C=O) groups is 3. The molecule has 0 aliphatic heterocycles. The molecule has 3 aromatic carbocycles. The number of ketones is 1. The van der Waals surface area contributed by atoms with Crippen LogP contribution in [0, 0.1) is 0 Å². The van der Waals surface area contributed by atoms with E-state index < -0.39 is 24.4 Å². The molecule has 0 saturated carbocycles. The lowest BCUT2D eigenvalue weighted by molar-refractivity contribution is -0.147. The van der Waals surface area contributed by atoms with Crippen molar-refractivity contribution in [2.75, 3.05) is 0 Å². The molecule has 7 nitrogen and oxygen atoms in total. The maximum atomic E-state index is 13.3. The maximum Gasteiger partial charge on any atom is 0.327 e. The molecule has 0 fully saturated rings. The monoisotopic (exact) mass is 427 g/mol. The number of carbonyl (C=O) groups excluding carboxylic acids is 1. The number of nitrogens with zero attached hydrogens (tertiary/aromatic N) is 1. The molecule has 0 amide bonds. The predicted molar refractivity (Wildman–Crippen MR) is 117 cm³/mol. The summed E-state index contributed by atoms with van der Waals surface area (Å²) >= 11 is 0. The second-order valence-electron chi connectivity index (χ2n) is 7.86. The summed E-state index contributed by atoms with van der Waals surface area (Å²) in [4.78, 5) is 50.1. The molecule has 1 atom stereocenters. The van der Waals surface area contributed by atoms with Gasteiger partial charge in [0.25, 0.3) is 0 Å². The Hall–Kier alpha value is -4.26. The van der Waals surface area contributed by atoms with Gasteiger partial charge < -0.3 is 14.8 Å². The van der Waals surface area contributed by atoms with E-state index in [0.29, 0.717) is 34.0 Å². The third-order valence-corrected chi connectivity index (χ3v) is 5.99. The van der Waals surface area contributed by atoms with Crippen molar-refractivity contribution in [2.24, 2.45) is 0 Å². The molecule has 0 spiro atoms. The fraction of sp³-hybridized carbons (Fsp3) is 0.120. The quantitative estimate of drug-likeness (QED) is 0.425. The molecule has 5 rings (SSSR count). The van der Waals surface area contributed by atoms with E-state index in [1.807, 2.05) is 12.1 Å². The first kappa shape index (κ1) is 19.7. The first-order chi connectivity index (χ1) is 15.4. The minimum atomic E-state index is -1.45. The fourth-order valence-corrected chi connectivity index (χ4v) is 4.56. The smallest absolute Gasteiger partial charge is 0.327 e. The van der Waals surface area contributed by atoms with Crippen molar-refractivity contribution in [3.05, 3.63) is 93.1 Å². The lowest BCUT2D eigenvalue weighted by Crippen LogP contribution is -2.26. The molecule has 7 heteroatoms. The molecule has 1 heterocycles. The number of aromatic nitrogens is 1. The Bertz CT molecular complexity index is 1530. The summed E-state index contributed by atoms with van der Waals surface area (Å²) in [5.74, 6) is -2.82. The van der Waals surface area contributed by atoms with Gasteiger partial charge in [-0.25, -0.2) is 4.79 Å². The molecule has 1 aliphatic rings. The molecule has 1 unspecified atom stereocenters. The van der Waals surface area contributed by atoms with Gasteiger partial charge in [0.1, 0.15) is 6.04 Å². The highest BCUT2D eigenvalue weighted by molar-refractivity contribution is 6.14. The molecule has 32 heavy (non-hydrogen) atoms. The van der Waals surface area contributed by atoms with Crippen molar-refractivity contribution in [2.45, 2.75) is 18.9 Å². The predicted octanol–water partition coefficient (Wildman–Crippen LogP) is 3.39. The van der Waals surface area contributed by atoms with Gasteiger partial charge in [-0.3, -0.25) is 14.4 Å². The Kier molecular flexibility index (Phi) is 4.41. The summed E-state index contributed by atoms with van der Waals surface area (Å²) in [6, 6.07) is 15.5. The van der Waals surface area contributed by atoms with E-state index in [1.165, 1.54) is 10.6 Å². The largest absolute Gasteiger partial charge is 0.481 e. The van der Waals surface area contributed by atoms with Gasteiger partial charge in [0.15, 0.2) is 11.2 Å². The van der Waals surface area contributed by atoms with Crippen molar-refractivity contribution in [3.8, 4) is 0 Å². The number of benzene rings is 3. The summed E-state index contributed by atoms with van der Waals surface area (Å²) in [5, 5.41) is 19.7. The van der Waals surface area contributed by atoms with Crippen LogP contribution in [0.2, 0.25) is 0 Å². The molecular weight excluding hydrogens is 410 g/mol. The summed E-state index contributed by atoms with van der Waals surface area (Å²) in [5.41, 5.74) is 2.75. The van der Waals surface area contributed by atoms with Crippen LogP contribution in [0.15, 0.2) is 65.5 Å². The van der Waals surface area contributed by atoms with Gasteiger partial charge in [-0.05, 0) is 41.8 Å². The van der Waals surface area contributed by atoms with Crippen molar-refractivity contribution in [1.82, 2.24) is 4.57 Å². The maximum absolute atomic E-state index is 13.3. The van der Waals surface area contributed by atoms with E-state index in [1.54, 1.807) is 42.5 Å². The Morgan fingerprint density at radius 3 is 2.31 bits per heavy atom. The van der Waals surface area contributed by atoms with Crippen LogP contribution in [0.25, 0.3) is 21.8 Å². The van der Waals surface area contributed by atoms with Gasteiger partial charge in [-0.2, -0.15) is 0 Å². The van der Waals surface area contributed by atoms with Gasteiger partial charge in [0.2, 0.25) is 0 Å². The van der Waals surface area contributed by atoms with Crippen molar-refractivity contribution in [3.63, 3.8) is 0 Å². The van der Waals surface area contributed by atoms with Gasteiger partial charge in [0, 0.05) is 21.9 Å². The van der Waals surface area contributed by atoms with E-state index >= 15 is 0 Å². The second-order valence-corrected chi connectivity index (χ2v) is 7.86. The Morgan fingerprint density at radius 2 is 1.56 bits per heavy atom. The fourth-order valence-electron chi connectivity index (χ4n) is 4.56. The Morgan fingerprint density at radius 1 is 0.844 bits per heavy atom. The summed E-state index contributed by atoms with van der Waals surface area (Å²) in [6.45, 7) is 0. The molecule has 1 aromatic heterocycles. The second kappa shape index (κ2) is 7.16. The molecule has 0 bridgehead atoms. The number of fused-ring (bicyclic) bond motifs is 4. The first-order valence-corrected chi connectivity index (χ1v) is 10.0. The summed E-state index contributed by atoms with van der Waals surface area (Å²) in [7, 11) is 0. The van der Waals surface area contributed by atoms with Crippen LogP contribution in [0.1, 0.15) is 39.5 Å². The van der Waals surface area contributed by atoms with Crippen molar-refractivity contribution < 1.29 is 24.6 Å². The number of hydrogen-bond acceptors (Lipinski definition) is 4. The standard InChI is InChI=1S/C25H17NO6/c27-22(28)12-21(25(31)32)26-19-8-4-3-7-16(19)24(30)18-10-14-9-13-5-1-2-6-15(13)23(29)17(14)11-20(18)26/h1-8,10-11,21H,9,12H2,(H,27,28)(H,31,32). The molecule has 158 valence electrons. The van der Waals surface area contributed by atoms with Crippen molar-refractivity contribution >= 4 is 39.5 Å². The van der Waals surface area contributed by atoms with Crippen LogP contribution < -0.4 is 5.43 Å². The summed E-state index contributed by atoms with van der Waals surface area (Å²) < 4.78 is 1.36. The van der Waals surface area contributed by atoms with Crippen LogP contribution in [0.4, 0.5) is 0 Å². The van der Waals surface area contributed by atoms with E-state index in [-0.39, 0.29) is 22.1 Å². The summed E-state index contributed by atoms with van der Waals surface area (Å²) in [6.07, 6.45) is -0.206. The zero-order valence-electron chi connectivity index (χ0n) is 16.7. The Balaban J connectivity index is 1.90. The number of aliphatic carboxylic acids is 2. The van der Waals surface area contributed by atoms with Crippen LogP contribution in [-0.2, 0) is 16.0 Å². The highest BCUT2D eigenvalue weighted by Crippen LogP contribution is 2.33. The van der Waals surface area contributed by atoms with Crippen LogP contribution in [0.5, 0.6) is 0 Å². The normalized spacial score (nSPS) is 13.6. The molecular formula is C25H17NO6. The zero-order chi connectivity index (χ0) is 22.6. The highest BCUT2D eigenvalue weighted by Gasteiger charge is 2.29. The van der Waals surface area contributed by atoms with Crippen LogP contribution >= 0.6 is 0 Å². The molecule has 4 aromatic rings. The number of pyridine rings is 1. The SMILES string of the molecule is O=C(O)CC(C(=O)O)n1c2ccccc2c(=O)c2cc3c(cc21)C(=O)c1ccccc1C3. The topological polar surface area (TPSA) is 114 Å². The minimum Gasteiger partial charge on any atom is -0.481 e. The van der Waals surface area contributed by atoms with Crippen LogP contribution in [0.3, 0.4) is 0 Å². The molecule has 1 aliphatic carbocycles. The number of carboxylic acids is 2. The third-order valence-electron chi connectivity index (χ3n) is 5.99. The average Bonchev–Trinajstić information content (AvgIpc) is 2.78. The Labute approximate surface area is 181 Å². The number of hydrogen-bond donors (Lipinski definition) is 2. The first-order valence-electron chi connectivity index (χ1n) is 10.0. The van der Waals surface area contributed by atoms with Gasteiger partial charge >= 0.3 is 11.9 Å². The highest BCUT2D eigenvalue weighted by atomic mass is 16.4. The molecule has 0 saturated heterocycles. The van der Waals surface area contributed by atoms with Gasteiger partial charge in [-0.15, -0.1) is 0 Å². The minimum absolute atomic E-state index is 0.207. The molecule has 0 radical (unpaired) electrons. The van der Waals surface area contributed by atoms with Gasteiger partial charge in [-0.1, -0.05) is 36.4 Å². The van der Waals surface area contributed by atoms with E-state index in [4.69, 9.17) is 0 Å². The number of para-hydroxylation sites is 1. The van der Waals surface area contributed by atoms with E-state index in [0.717, 1.165) is 5.56 Å².